The summed E-state index contributed by atoms with van der Waals surface area (Å²) in [6, 6.07) is 0. The lowest BCUT2D eigenvalue weighted by Gasteiger charge is -2.27. The molecule has 0 bridgehead atoms. The summed E-state index contributed by atoms with van der Waals surface area (Å²) in [5.41, 5.74) is 0.0289. The molecule has 0 aromatic rings. The second-order valence-corrected chi connectivity index (χ2v) is 5.32. The smallest absolute Gasteiger partial charge is 0.0613 e. The Morgan fingerprint density at radius 3 is 2.75 bits per heavy atom. The van der Waals surface area contributed by atoms with Gasteiger partial charge >= 0.3 is 0 Å². The molecule has 1 rings (SSSR count). The summed E-state index contributed by atoms with van der Waals surface area (Å²) in [5, 5.41) is 12.8. The van der Waals surface area contributed by atoms with Crippen LogP contribution in [-0.2, 0) is 4.74 Å². The second-order valence-electron chi connectivity index (χ2n) is 5.32. The van der Waals surface area contributed by atoms with E-state index in [2.05, 4.69) is 26.1 Å². The number of hydrogen-bond acceptors (Lipinski definition) is 3. The van der Waals surface area contributed by atoms with E-state index in [-0.39, 0.29) is 12.0 Å². The highest BCUT2D eigenvalue weighted by molar-refractivity contribution is 4.80. The third-order valence-electron chi connectivity index (χ3n) is 3.94. The van der Waals surface area contributed by atoms with E-state index in [1.807, 2.05) is 0 Å². The Bertz CT molecular complexity index is 192. The van der Waals surface area contributed by atoms with E-state index >= 15 is 0 Å². The largest absolute Gasteiger partial charge is 0.396 e. The Labute approximate surface area is 99.6 Å². The summed E-state index contributed by atoms with van der Waals surface area (Å²) >= 11 is 0. The topological polar surface area (TPSA) is 41.5 Å². The third kappa shape index (κ3) is 3.72. The zero-order chi connectivity index (χ0) is 12.0. The van der Waals surface area contributed by atoms with Gasteiger partial charge in [-0.15, -0.1) is 0 Å². The lowest BCUT2D eigenvalue weighted by atomic mass is 9.88. The van der Waals surface area contributed by atoms with Gasteiger partial charge in [-0.1, -0.05) is 20.8 Å². The van der Waals surface area contributed by atoms with E-state index < -0.39 is 0 Å². The van der Waals surface area contributed by atoms with Crippen molar-refractivity contribution >= 4 is 0 Å². The molecular weight excluding hydrogens is 202 g/mol. The molecular formula is C13H27NO2. The maximum absolute atomic E-state index is 9.31. The molecule has 1 heterocycles. The van der Waals surface area contributed by atoms with Crippen molar-refractivity contribution in [2.24, 2.45) is 11.3 Å². The number of aliphatic hydroxyl groups excluding tert-OH is 1. The predicted molar refractivity (Wildman–Crippen MR) is 66.5 cm³/mol. The van der Waals surface area contributed by atoms with Crippen molar-refractivity contribution in [2.75, 3.05) is 26.3 Å². The van der Waals surface area contributed by atoms with Crippen molar-refractivity contribution in [1.29, 1.82) is 0 Å². The van der Waals surface area contributed by atoms with E-state index in [4.69, 9.17) is 4.74 Å². The monoisotopic (exact) mass is 229 g/mol. The van der Waals surface area contributed by atoms with E-state index in [1.54, 1.807) is 0 Å². The maximum Gasteiger partial charge on any atom is 0.0613 e. The van der Waals surface area contributed by atoms with Gasteiger partial charge in [-0.3, -0.25) is 0 Å². The average molecular weight is 229 g/mol. The van der Waals surface area contributed by atoms with Crippen molar-refractivity contribution in [1.82, 2.24) is 5.32 Å². The molecule has 3 unspecified atom stereocenters. The van der Waals surface area contributed by atoms with Gasteiger partial charge in [0.25, 0.3) is 0 Å². The molecule has 96 valence electrons. The van der Waals surface area contributed by atoms with Gasteiger partial charge in [0.1, 0.15) is 0 Å². The first-order valence-electron chi connectivity index (χ1n) is 6.58. The molecule has 1 aliphatic rings. The SMILES string of the molecule is CCC1OCCC1CNCC(C)(CC)CO. The molecule has 0 spiro atoms. The van der Waals surface area contributed by atoms with Crippen molar-refractivity contribution in [2.45, 2.75) is 46.1 Å². The zero-order valence-electron chi connectivity index (χ0n) is 11.0. The molecule has 0 aliphatic carbocycles. The highest BCUT2D eigenvalue weighted by atomic mass is 16.5. The minimum atomic E-state index is 0.0289. The second kappa shape index (κ2) is 6.58. The lowest BCUT2D eigenvalue weighted by Crippen LogP contribution is -2.38. The van der Waals surface area contributed by atoms with Crippen LogP contribution in [0.3, 0.4) is 0 Å². The minimum Gasteiger partial charge on any atom is -0.396 e. The van der Waals surface area contributed by atoms with Crippen LogP contribution in [-0.4, -0.2) is 37.5 Å². The fourth-order valence-electron chi connectivity index (χ4n) is 2.23. The van der Waals surface area contributed by atoms with Crippen molar-refractivity contribution in [3.63, 3.8) is 0 Å². The van der Waals surface area contributed by atoms with Gasteiger partial charge in [-0.05, 0) is 25.2 Å². The fourth-order valence-corrected chi connectivity index (χ4v) is 2.23. The van der Waals surface area contributed by atoms with Gasteiger partial charge in [0.05, 0.1) is 6.10 Å². The highest BCUT2D eigenvalue weighted by Crippen LogP contribution is 2.23. The molecule has 3 nitrogen and oxygen atoms in total. The average Bonchev–Trinajstić information content (AvgIpc) is 2.76. The van der Waals surface area contributed by atoms with Crippen LogP contribution in [0, 0.1) is 11.3 Å². The van der Waals surface area contributed by atoms with Crippen LogP contribution >= 0.6 is 0 Å². The Balaban J connectivity index is 2.24. The van der Waals surface area contributed by atoms with Crippen LogP contribution in [0.25, 0.3) is 0 Å². The van der Waals surface area contributed by atoms with Gasteiger partial charge in [-0.25, -0.2) is 0 Å². The van der Waals surface area contributed by atoms with Crippen LogP contribution in [0.15, 0.2) is 0 Å². The van der Waals surface area contributed by atoms with Gasteiger partial charge in [-0.2, -0.15) is 0 Å². The lowest BCUT2D eigenvalue weighted by molar-refractivity contribution is 0.0846. The van der Waals surface area contributed by atoms with Gasteiger partial charge in [0, 0.05) is 31.7 Å². The molecule has 3 heteroatoms. The highest BCUT2D eigenvalue weighted by Gasteiger charge is 2.27. The molecule has 0 aromatic carbocycles. The molecule has 1 aliphatic heterocycles. The molecule has 0 radical (unpaired) electrons. The first kappa shape index (κ1) is 13.9. The Morgan fingerprint density at radius 2 is 2.19 bits per heavy atom. The summed E-state index contributed by atoms with van der Waals surface area (Å²) in [6.45, 7) is 9.53. The van der Waals surface area contributed by atoms with E-state index in [0.717, 1.165) is 32.5 Å². The van der Waals surface area contributed by atoms with Crippen LogP contribution in [0.5, 0.6) is 0 Å². The molecule has 0 aromatic heterocycles. The first-order valence-corrected chi connectivity index (χ1v) is 6.58. The third-order valence-corrected chi connectivity index (χ3v) is 3.94. The quantitative estimate of drug-likeness (QED) is 0.699. The molecule has 1 saturated heterocycles. The molecule has 3 atom stereocenters. The van der Waals surface area contributed by atoms with Crippen molar-refractivity contribution < 1.29 is 9.84 Å². The Kier molecular flexibility index (Phi) is 5.73. The van der Waals surface area contributed by atoms with Gasteiger partial charge < -0.3 is 15.2 Å². The molecule has 0 saturated carbocycles. The molecule has 16 heavy (non-hydrogen) atoms. The maximum atomic E-state index is 9.31. The van der Waals surface area contributed by atoms with E-state index in [1.165, 1.54) is 6.42 Å². The minimum absolute atomic E-state index is 0.0289. The first-order chi connectivity index (χ1) is 7.65. The summed E-state index contributed by atoms with van der Waals surface area (Å²) in [7, 11) is 0. The number of aliphatic hydroxyl groups is 1. The Hall–Kier alpha value is -0.120. The van der Waals surface area contributed by atoms with Crippen LogP contribution in [0.1, 0.15) is 40.0 Å². The number of rotatable bonds is 7. The van der Waals surface area contributed by atoms with Gasteiger partial charge in [0.15, 0.2) is 0 Å². The fraction of sp³-hybridized carbons (Fsp3) is 1.00. The summed E-state index contributed by atoms with van der Waals surface area (Å²) < 4.78 is 5.66. The summed E-state index contributed by atoms with van der Waals surface area (Å²) in [4.78, 5) is 0. The number of hydrogen-bond donors (Lipinski definition) is 2. The molecule has 0 amide bonds. The standard InChI is InChI=1S/C13H27NO2/c1-4-12-11(6-7-16-12)8-14-9-13(3,5-2)10-15/h11-12,14-15H,4-10H2,1-3H3. The van der Waals surface area contributed by atoms with E-state index in [9.17, 15) is 5.11 Å². The van der Waals surface area contributed by atoms with E-state index in [0.29, 0.717) is 12.0 Å². The van der Waals surface area contributed by atoms with Crippen LogP contribution < -0.4 is 5.32 Å². The van der Waals surface area contributed by atoms with Crippen LogP contribution in [0.2, 0.25) is 0 Å². The number of ether oxygens (including phenoxy) is 1. The van der Waals surface area contributed by atoms with Crippen LogP contribution in [0.4, 0.5) is 0 Å². The molecule has 2 N–H and O–H groups in total. The van der Waals surface area contributed by atoms with Crippen molar-refractivity contribution in [3.05, 3.63) is 0 Å². The van der Waals surface area contributed by atoms with Crippen molar-refractivity contribution in [3.8, 4) is 0 Å². The molecule has 1 fully saturated rings. The number of nitrogens with one attached hydrogen (secondary N) is 1. The summed E-state index contributed by atoms with van der Waals surface area (Å²) in [5.74, 6) is 0.657. The van der Waals surface area contributed by atoms with Gasteiger partial charge in [0.2, 0.25) is 0 Å². The normalized spacial score (nSPS) is 29.2. The zero-order valence-corrected chi connectivity index (χ0v) is 11.0. The predicted octanol–water partition coefficient (Wildman–Crippen LogP) is 1.80. The Morgan fingerprint density at radius 1 is 1.44 bits per heavy atom. The summed E-state index contributed by atoms with van der Waals surface area (Å²) in [6.07, 6.45) is 3.73.